The highest BCUT2D eigenvalue weighted by molar-refractivity contribution is 5.92. The van der Waals surface area contributed by atoms with Crippen LogP contribution in [0.5, 0.6) is 5.75 Å². The first-order valence-corrected chi connectivity index (χ1v) is 11.5. The van der Waals surface area contributed by atoms with Crippen LogP contribution < -0.4 is 15.8 Å². The molecule has 35 heavy (non-hydrogen) atoms. The highest BCUT2D eigenvalue weighted by Crippen LogP contribution is 2.35. The van der Waals surface area contributed by atoms with Gasteiger partial charge in [-0.2, -0.15) is 0 Å². The van der Waals surface area contributed by atoms with Crippen LogP contribution in [0.25, 0.3) is 11.2 Å². The fourth-order valence-electron chi connectivity index (χ4n) is 4.39. The van der Waals surface area contributed by atoms with Crippen molar-refractivity contribution in [3.63, 3.8) is 0 Å². The molecule has 0 bridgehead atoms. The normalized spacial score (nSPS) is 17.4. The largest absolute Gasteiger partial charge is 0.497 e. The second-order valence-corrected chi connectivity index (χ2v) is 8.47. The van der Waals surface area contributed by atoms with Crippen molar-refractivity contribution in [1.29, 1.82) is 0 Å². The van der Waals surface area contributed by atoms with Crippen molar-refractivity contribution in [2.45, 2.75) is 31.7 Å². The Morgan fingerprint density at radius 2 is 1.91 bits per heavy atom. The Kier molecular flexibility index (Phi) is 6.26. The molecule has 1 aliphatic carbocycles. The van der Waals surface area contributed by atoms with Crippen molar-refractivity contribution in [1.82, 2.24) is 24.5 Å². The van der Waals surface area contributed by atoms with Crippen LogP contribution in [0.1, 0.15) is 43.1 Å². The summed E-state index contributed by atoms with van der Waals surface area (Å²) in [6, 6.07) is 11.2. The number of rotatable bonds is 4. The molecule has 5 rings (SSSR count). The van der Waals surface area contributed by atoms with Crippen LogP contribution in [0.3, 0.4) is 0 Å². The van der Waals surface area contributed by atoms with E-state index in [1.165, 1.54) is 0 Å². The van der Waals surface area contributed by atoms with Gasteiger partial charge in [-0.25, -0.2) is 15.0 Å². The lowest BCUT2D eigenvalue weighted by Crippen LogP contribution is -2.28. The van der Waals surface area contributed by atoms with E-state index < -0.39 is 0 Å². The van der Waals surface area contributed by atoms with Crippen molar-refractivity contribution >= 4 is 28.6 Å². The Bertz CT molecular complexity index is 1410. The van der Waals surface area contributed by atoms with Gasteiger partial charge in [0.25, 0.3) is 0 Å². The molecule has 3 aromatic heterocycles. The number of ether oxygens (including phenoxy) is 1. The van der Waals surface area contributed by atoms with Crippen LogP contribution in [0.4, 0.5) is 11.5 Å². The number of amides is 1. The Labute approximate surface area is 202 Å². The second-order valence-electron chi connectivity index (χ2n) is 8.47. The predicted octanol–water partition coefficient (Wildman–Crippen LogP) is 3.58. The number of methoxy groups -OCH3 is 1. The lowest BCUT2D eigenvalue weighted by Gasteiger charge is -2.28. The van der Waals surface area contributed by atoms with Gasteiger partial charge in [0.05, 0.1) is 13.4 Å². The van der Waals surface area contributed by atoms with Crippen molar-refractivity contribution in [2.75, 3.05) is 18.2 Å². The molecule has 0 spiro atoms. The molecule has 0 radical (unpaired) electrons. The molecule has 9 nitrogen and oxygen atoms in total. The Morgan fingerprint density at radius 1 is 1.11 bits per heavy atom. The van der Waals surface area contributed by atoms with E-state index in [0.29, 0.717) is 28.6 Å². The van der Waals surface area contributed by atoms with Crippen molar-refractivity contribution in [2.24, 2.45) is 5.92 Å². The Balaban J connectivity index is 1.29. The zero-order chi connectivity index (χ0) is 24.2. The summed E-state index contributed by atoms with van der Waals surface area (Å²) in [5.41, 5.74) is 8.95. The quantitative estimate of drug-likeness (QED) is 0.440. The average Bonchev–Trinajstić information content (AvgIpc) is 3.33. The number of nitrogens with one attached hydrogen (secondary N) is 1. The van der Waals surface area contributed by atoms with Crippen LogP contribution in [0.15, 0.2) is 55.1 Å². The first-order chi connectivity index (χ1) is 17.1. The number of aromatic nitrogens is 5. The third-order valence-corrected chi connectivity index (χ3v) is 6.25. The molecule has 1 amide bonds. The molecule has 4 aromatic rings. The van der Waals surface area contributed by atoms with Gasteiger partial charge in [0.1, 0.15) is 11.3 Å². The van der Waals surface area contributed by atoms with E-state index in [9.17, 15) is 4.79 Å². The van der Waals surface area contributed by atoms with Gasteiger partial charge in [0.2, 0.25) is 11.7 Å². The molecular weight excluding hydrogens is 442 g/mol. The summed E-state index contributed by atoms with van der Waals surface area (Å²) < 4.78 is 7.28. The molecule has 1 aromatic carbocycles. The van der Waals surface area contributed by atoms with Crippen LogP contribution in [0.2, 0.25) is 0 Å². The highest BCUT2D eigenvalue weighted by atomic mass is 16.5. The van der Waals surface area contributed by atoms with Crippen molar-refractivity contribution in [3.8, 4) is 17.6 Å². The molecule has 176 valence electrons. The number of carbonyl (C=O) groups is 1. The number of hydrogen-bond acceptors (Lipinski definition) is 7. The number of anilines is 2. The summed E-state index contributed by atoms with van der Waals surface area (Å²) in [7, 11) is 1.61. The van der Waals surface area contributed by atoms with Gasteiger partial charge >= 0.3 is 0 Å². The SMILES string of the molecule is COc1cccc(NC(=O)[C@H]2CC[C@@H](n3cnc4c(N)nc(C#Cc5ccncc5)nc43)CC2)c1. The minimum atomic E-state index is -0.0475. The summed E-state index contributed by atoms with van der Waals surface area (Å²) in [6.45, 7) is 0. The van der Waals surface area contributed by atoms with Gasteiger partial charge < -0.3 is 20.4 Å². The molecule has 0 saturated heterocycles. The van der Waals surface area contributed by atoms with Gasteiger partial charge in [-0.3, -0.25) is 9.78 Å². The molecule has 0 atom stereocenters. The monoisotopic (exact) mass is 467 g/mol. The third-order valence-electron chi connectivity index (χ3n) is 6.25. The maximum absolute atomic E-state index is 12.8. The Hall–Kier alpha value is -4.45. The van der Waals surface area contributed by atoms with Crippen LogP contribution in [0, 0.1) is 17.8 Å². The molecule has 1 aliphatic rings. The van der Waals surface area contributed by atoms with E-state index in [2.05, 4.69) is 37.1 Å². The number of imidazole rings is 1. The molecule has 0 aliphatic heterocycles. The van der Waals surface area contributed by atoms with E-state index in [0.717, 1.165) is 36.9 Å². The molecule has 1 fully saturated rings. The number of nitrogens with zero attached hydrogens (tertiary/aromatic N) is 5. The smallest absolute Gasteiger partial charge is 0.227 e. The lowest BCUT2D eigenvalue weighted by atomic mass is 9.85. The van der Waals surface area contributed by atoms with Crippen molar-refractivity contribution < 1.29 is 9.53 Å². The van der Waals surface area contributed by atoms with E-state index in [4.69, 9.17) is 10.5 Å². The summed E-state index contributed by atoms with van der Waals surface area (Å²) in [6.07, 6.45) is 8.35. The fraction of sp³-hybridized carbons (Fsp3) is 0.269. The van der Waals surface area contributed by atoms with Crippen LogP contribution in [-0.4, -0.2) is 37.5 Å². The van der Waals surface area contributed by atoms with Gasteiger partial charge in [0.15, 0.2) is 11.5 Å². The summed E-state index contributed by atoms with van der Waals surface area (Å²) in [4.78, 5) is 30.2. The van der Waals surface area contributed by atoms with Gasteiger partial charge in [0, 0.05) is 41.7 Å². The minimum Gasteiger partial charge on any atom is -0.497 e. The molecule has 3 N–H and O–H groups in total. The topological polar surface area (TPSA) is 121 Å². The third kappa shape index (κ3) is 4.92. The second kappa shape index (κ2) is 9.81. The van der Waals surface area contributed by atoms with E-state index in [-0.39, 0.29) is 17.9 Å². The van der Waals surface area contributed by atoms with Crippen LogP contribution in [-0.2, 0) is 4.79 Å². The summed E-state index contributed by atoms with van der Waals surface area (Å²) in [5, 5.41) is 3.01. The highest BCUT2D eigenvalue weighted by Gasteiger charge is 2.28. The number of benzene rings is 1. The minimum absolute atomic E-state index is 0.0347. The zero-order valence-electron chi connectivity index (χ0n) is 19.3. The van der Waals surface area contributed by atoms with E-state index in [1.807, 2.05) is 41.0 Å². The molecule has 3 heterocycles. The summed E-state index contributed by atoms with van der Waals surface area (Å²) >= 11 is 0. The average molecular weight is 468 g/mol. The van der Waals surface area contributed by atoms with E-state index >= 15 is 0 Å². The lowest BCUT2D eigenvalue weighted by molar-refractivity contribution is -0.120. The summed E-state index contributed by atoms with van der Waals surface area (Å²) in [5.74, 6) is 7.37. The number of fused-ring (bicyclic) bond motifs is 1. The van der Waals surface area contributed by atoms with Crippen molar-refractivity contribution in [3.05, 3.63) is 66.5 Å². The Morgan fingerprint density at radius 3 is 2.69 bits per heavy atom. The molecule has 0 unspecified atom stereocenters. The number of nitrogen functional groups attached to an aromatic ring is 1. The molecule has 9 heteroatoms. The van der Waals surface area contributed by atoms with Gasteiger partial charge in [-0.15, -0.1) is 0 Å². The molecule has 1 saturated carbocycles. The number of pyridine rings is 1. The van der Waals surface area contributed by atoms with Gasteiger partial charge in [-0.1, -0.05) is 12.0 Å². The predicted molar refractivity (Wildman–Crippen MR) is 133 cm³/mol. The van der Waals surface area contributed by atoms with Crippen LogP contribution >= 0.6 is 0 Å². The number of hydrogen-bond donors (Lipinski definition) is 2. The standard InChI is InChI=1S/C26H25N7O2/c1-35-21-4-2-3-19(15-21)30-26(34)18-6-8-20(9-7-18)33-16-29-23-24(27)31-22(32-25(23)33)10-5-17-11-13-28-14-12-17/h2-4,11-16,18,20H,6-9H2,1H3,(H,30,34)(H2,27,31,32)/t18-,20+. The van der Waals surface area contributed by atoms with E-state index in [1.54, 1.807) is 25.8 Å². The first-order valence-electron chi connectivity index (χ1n) is 11.5. The van der Waals surface area contributed by atoms with Gasteiger partial charge in [-0.05, 0) is 55.9 Å². The number of carbonyl (C=O) groups excluding carboxylic acids is 1. The number of nitrogens with two attached hydrogens (primary N) is 1. The maximum atomic E-state index is 12.8. The first kappa shape index (κ1) is 22.3. The maximum Gasteiger partial charge on any atom is 0.227 e. The molecular formula is C26H25N7O2. The fourth-order valence-corrected chi connectivity index (χ4v) is 4.39. The zero-order valence-corrected chi connectivity index (χ0v) is 19.3.